The normalized spacial score (nSPS) is 16.3. The summed E-state index contributed by atoms with van der Waals surface area (Å²) < 4.78 is 18.5. The van der Waals surface area contributed by atoms with Gasteiger partial charge in [0.05, 0.1) is 13.1 Å². The Balaban J connectivity index is 1.63. The molecule has 0 bridgehead atoms. The second kappa shape index (κ2) is 7.45. The summed E-state index contributed by atoms with van der Waals surface area (Å²) in [5, 5.41) is 2.92. The zero-order chi connectivity index (χ0) is 16.1. The van der Waals surface area contributed by atoms with Gasteiger partial charge in [-0.3, -0.25) is 0 Å². The quantitative estimate of drug-likeness (QED) is 0.873. The molecule has 1 aromatic rings. The van der Waals surface area contributed by atoms with Crippen LogP contribution in [0.3, 0.4) is 0 Å². The molecule has 1 saturated heterocycles. The first kappa shape index (κ1) is 16.5. The summed E-state index contributed by atoms with van der Waals surface area (Å²) in [5.74, 6) is 0.347. The van der Waals surface area contributed by atoms with Crippen molar-refractivity contribution in [1.82, 2.24) is 15.1 Å². The number of amides is 2. The lowest BCUT2D eigenvalue weighted by molar-refractivity contribution is 0.0443. The molecule has 6 heteroatoms. The number of hydrogen-bond donors (Lipinski definition) is 1. The monoisotopic (exact) mass is 309 g/mol. The first-order chi connectivity index (χ1) is 10.5. The summed E-state index contributed by atoms with van der Waals surface area (Å²) in [6, 6.07) is 6.31. The van der Waals surface area contributed by atoms with Gasteiger partial charge in [0.25, 0.3) is 0 Å². The molecular formula is C16H24FN3O2. The van der Waals surface area contributed by atoms with E-state index in [1.807, 2.05) is 14.1 Å². The molecule has 0 spiro atoms. The first-order valence-corrected chi connectivity index (χ1v) is 7.57. The van der Waals surface area contributed by atoms with Gasteiger partial charge >= 0.3 is 6.03 Å². The highest BCUT2D eigenvalue weighted by molar-refractivity contribution is 5.75. The van der Waals surface area contributed by atoms with E-state index in [1.165, 1.54) is 12.1 Å². The van der Waals surface area contributed by atoms with Gasteiger partial charge in [0.2, 0.25) is 0 Å². The molecular weight excluding hydrogens is 285 g/mol. The van der Waals surface area contributed by atoms with E-state index in [0.29, 0.717) is 31.4 Å². The van der Waals surface area contributed by atoms with Crippen LogP contribution in [0.15, 0.2) is 24.3 Å². The van der Waals surface area contributed by atoms with Gasteiger partial charge in [-0.25, -0.2) is 9.18 Å². The fraction of sp³-hybridized carbons (Fsp3) is 0.562. The summed E-state index contributed by atoms with van der Waals surface area (Å²) in [5.41, 5.74) is 0. The lowest BCUT2D eigenvalue weighted by Crippen LogP contribution is -2.59. The summed E-state index contributed by atoms with van der Waals surface area (Å²) in [4.78, 5) is 15.8. The van der Waals surface area contributed by atoms with Crippen LogP contribution in [0.4, 0.5) is 9.18 Å². The summed E-state index contributed by atoms with van der Waals surface area (Å²) >= 11 is 0. The van der Waals surface area contributed by atoms with Crippen molar-refractivity contribution in [3.05, 3.63) is 30.1 Å². The molecule has 1 heterocycles. The predicted molar refractivity (Wildman–Crippen MR) is 83.6 cm³/mol. The molecule has 1 atom stereocenters. The number of likely N-dealkylation sites (tertiary alicyclic amines) is 1. The third kappa shape index (κ3) is 4.59. The number of urea groups is 1. The fourth-order valence-corrected chi connectivity index (χ4v) is 2.14. The lowest BCUT2D eigenvalue weighted by atomic mass is 10.2. The molecule has 1 aliphatic heterocycles. The van der Waals surface area contributed by atoms with Crippen LogP contribution in [0.2, 0.25) is 0 Å². The standard InChI is InChI=1S/C16H24FN3O2/c1-12(19(2)3)8-9-18-16(21)20-10-15(11-20)22-14-6-4-13(17)5-7-14/h4-7,12,15H,8-11H2,1-3H3,(H,18,21)/t12-/m0/s1. The molecule has 1 fully saturated rings. The van der Waals surface area contributed by atoms with Crippen LogP contribution in [0, 0.1) is 5.82 Å². The zero-order valence-corrected chi connectivity index (χ0v) is 13.4. The van der Waals surface area contributed by atoms with Gasteiger partial charge in [0.1, 0.15) is 17.7 Å². The highest BCUT2D eigenvalue weighted by Gasteiger charge is 2.32. The fourth-order valence-electron chi connectivity index (χ4n) is 2.14. The van der Waals surface area contributed by atoms with Gasteiger partial charge in [-0.1, -0.05) is 0 Å². The highest BCUT2D eigenvalue weighted by atomic mass is 19.1. The molecule has 0 radical (unpaired) electrons. The molecule has 22 heavy (non-hydrogen) atoms. The Labute approximate surface area is 131 Å². The minimum absolute atomic E-state index is 0.0168. The Morgan fingerprint density at radius 2 is 2.05 bits per heavy atom. The van der Waals surface area contributed by atoms with E-state index in [2.05, 4.69) is 17.1 Å². The van der Waals surface area contributed by atoms with Crippen molar-refractivity contribution in [1.29, 1.82) is 0 Å². The smallest absolute Gasteiger partial charge is 0.317 e. The van der Waals surface area contributed by atoms with E-state index in [9.17, 15) is 9.18 Å². The summed E-state index contributed by atoms with van der Waals surface area (Å²) in [7, 11) is 4.05. The average Bonchev–Trinajstić information content (AvgIpc) is 2.43. The molecule has 0 aliphatic carbocycles. The van der Waals surface area contributed by atoms with E-state index < -0.39 is 0 Å². The number of ether oxygens (including phenoxy) is 1. The SMILES string of the molecule is C[C@@H](CCNC(=O)N1CC(Oc2ccc(F)cc2)C1)N(C)C. The van der Waals surface area contributed by atoms with Crippen molar-refractivity contribution >= 4 is 6.03 Å². The van der Waals surface area contributed by atoms with Gasteiger partial charge in [-0.15, -0.1) is 0 Å². The van der Waals surface area contributed by atoms with Crippen molar-refractivity contribution in [3.8, 4) is 5.75 Å². The van der Waals surface area contributed by atoms with E-state index in [0.717, 1.165) is 6.42 Å². The highest BCUT2D eigenvalue weighted by Crippen LogP contribution is 2.18. The zero-order valence-electron chi connectivity index (χ0n) is 13.4. The topological polar surface area (TPSA) is 44.8 Å². The number of benzene rings is 1. The maximum atomic E-state index is 12.8. The van der Waals surface area contributed by atoms with Gasteiger partial charge in [-0.2, -0.15) is 0 Å². The molecule has 5 nitrogen and oxygen atoms in total. The van der Waals surface area contributed by atoms with E-state index >= 15 is 0 Å². The molecule has 1 aromatic carbocycles. The van der Waals surface area contributed by atoms with Crippen molar-refractivity contribution in [2.75, 3.05) is 33.7 Å². The molecule has 0 saturated carbocycles. The molecule has 122 valence electrons. The Hall–Kier alpha value is -1.82. The molecule has 0 aromatic heterocycles. The Kier molecular flexibility index (Phi) is 5.60. The maximum Gasteiger partial charge on any atom is 0.317 e. The second-order valence-corrected chi connectivity index (χ2v) is 5.93. The number of carbonyl (C=O) groups is 1. The second-order valence-electron chi connectivity index (χ2n) is 5.93. The van der Waals surface area contributed by atoms with Crippen LogP contribution in [0.1, 0.15) is 13.3 Å². The molecule has 1 aliphatic rings. The van der Waals surface area contributed by atoms with Crippen LogP contribution in [0.25, 0.3) is 0 Å². The van der Waals surface area contributed by atoms with Crippen LogP contribution in [-0.2, 0) is 0 Å². The van der Waals surface area contributed by atoms with E-state index in [1.54, 1.807) is 17.0 Å². The van der Waals surface area contributed by atoms with Crippen molar-refractivity contribution in [3.63, 3.8) is 0 Å². The average molecular weight is 309 g/mol. The van der Waals surface area contributed by atoms with Crippen molar-refractivity contribution in [2.45, 2.75) is 25.5 Å². The van der Waals surface area contributed by atoms with E-state index in [4.69, 9.17) is 4.74 Å². The number of halogens is 1. The van der Waals surface area contributed by atoms with Crippen molar-refractivity contribution < 1.29 is 13.9 Å². The Morgan fingerprint density at radius 3 is 2.64 bits per heavy atom. The molecule has 1 N–H and O–H groups in total. The minimum Gasteiger partial charge on any atom is -0.487 e. The van der Waals surface area contributed by atoms with Gasteiger partial charge < -0.3 is 19.9 Å². The van der Waals surface area contributed by atoms with Gasteiger partial charge in [-0.05, 0) is 51.7 Å². The molecule has 0 unspecified atom stereocenters. The summed E-state index contributed by atoms with van der Waals surface area (Å²) in [6.07, 6.45) is 0.902. The van der Waals surface area contributed by atoms with Gasteiger partial charge in [0.15, 0.2) is 0 Å². The number of nitrogens with one attached hydrogen (secondary N) is 1. The lowest BCUT2D eigenvalue weighted by Gasteiger charge is -2.38. The third-order valence-electron chi connectivity index (χ3n) is 3.97. The number of rotatable bonds is 6. The van der Waals surface area contributed by atoms with Crippen LogP contribution in [0.5, 0.6) is 5.75 Å². The van der Waals surface area contributed by atoms with E-state index in [-0.39, 0.29) is 18.0 Å². The largest absolute Gasteiger partial charge is 0.487 e. The van der Waals surface area contributed by atoms with Gasteiger partial charge in [0, 0.05) is 12.6 Å². The number of nitrogens with zero attached hydrogens (tertiary/aromatic N) is 2. The molecule has 2 amide bonds. The maximum absolute atomic E-state index is 12.8. The predicted octanol–water partition coefficient (Wildman–Crippen LogP) is 1.94. The van der Waals surface area contributed by atoms with Crippen molar-refractivity contribution in [2.24, 2.45) is 0 Å². The Bertz CT molecular complexity index is 487. The molecule has 2 rings (SSSR count). The Morgan fingerprint density at radius 1 is 1.41 bits per heavy atom. The number of hydrogen-bond acceptors (Lipinski definition) is 3. The third-order valence-corrected chi connectivity index (χ3v) is 3.97. The summed E-state index contributed by atoms with van der Waals surface area (Å²) in [6.45, 7) is 3.92. The first-order valence-electron chi connectivity index (χ1n) is 7.57. The number of carbonyl (C=O) groups excluding carboxylic acids is 1. The minimum atomic E-state index is -0.283. The van der Waals surface area contributed by atoms with Crippen LogP contribution < -0.4 is 10.1 Å². The van der Waals surface area contributed by atoms with Crippen LogP contribution >= 0.6 is 0 Å². The van der Waals surface area contributed by atoms with Crippen LogP contribution in [-0.4, -0.2) is 61.7 Å².